The SMILES string of the molecule is CCOc1ccc(S(=O)(=O)N(C)c2ccc(OCC(=O)N3CCCN(Cc4ccccc4)CC3)cc2)cc1. The van der Waals surface area contributed by atoms with Crippen LogP contribution in [0.5, 0.6) is 11.5 Å². The Morgan fingerprint density at radius 3 is 2.18 bits per heavy atom. The monoisotopic (exact) mass is 537 g/mol. The molecule has 8 nitrogen and oxygen atoms in total. The van der Waals surface area contributed by atoms with Crippen molar-refractivity contribution in [2.45, 2.75) is 24.8 Å². The molecule has 1 heterocycles. The summed E-state index contributed by atoms with van der Waals surface area (Å²) in [4.78, 5) is 17.2. The highest BCUT2D eigenvalue weighted by atomic mass is 32.2. The molecule has 1 aliphatic rings. The van der Waals surface area contributed by atoms with Gasteiger partial charge in [0.25, 0.3) is 15.9 Å². The van der Waals surface area contributed by atoms with E-state index >= 15 is 0 Å². The molecule has 1 amide bonds. The molecule has 0 spiro atoms. The van der Waals surface area contributed by atoms with Gasteiger partial charge in [-0.1, -0.05) is 30.3 Å². The van der Waals surface area contributed by atoms with Gasteiger partial charge in [0.05, 0.1) is 17.2 Å². The number of carbonyl (C=O) groups is 1. The van der Waals surface area contributed by atoms with Crippen LogP contribution in [0.1, 0.15) is 18.9 Å². The average Bonchev–Trinajstić information content (AvgIpc) is 3.18. The van der Waals surface area contributed by atoms with Crippen molar-refractivity contribution in [3.05, 3.63) is 84.4 Å². The first-order valence-corrected chi connectivity index (χ1v) is 14.3. The third-order valence-corrected chi connectivity index (χ3v) is 8.35. The summed E-state index contributed by atoms with van der Waals surface area (Å²) in [5.74, 6) is 1.08. The van der Waals surface area contributed by atoms with E-state index in [0.29, 0.717) is 36.9 Å². The molecule has 202 valence electrons. The van der Waals surface area contributed by atoms with Crippen molar-refractivity contribution in [3.63, 3.8) is 0 Å². The predicted octanol–water partition coefficient (Wildman–Crippen LogP) is 4.02. The van der Waals surface area contributed by atoms with Gasteiger partial charge in [-0.2, -0.15) is 0 Å². The minimum atomic E-state index is -3.73. The van der Waals surface area contributed by atoms with Crippen LogP contribution in [-0.4, -0.2) is 70.6 Å². The van der Waals surface area contributed by atoms with Crippen LogP contribution in [0, 0.1) is 0 Å². The van der Waals surface area contributed by atoms with Crippen molar-refractivity contribution in [2.75, 3.05) is 50.7 Å². The summed E-state index contributed by atoms with van der Waals surface area (Å²) < 4.78 is 38.4. The van der Waals surface area contributed by atoms with E-state index in [1.807, 2.05) is 30.0 Å². The fourth-order valence-corrected chi connectivity index (χ4v) is 5.58. The van der Waals surface area contributed by atoms with Crippen molar-refractivity contribution in [3.8, 4) is 11.5 Å². The lowest BCUT2D eigenvalue weighted by molar-refractivity contribution is -0.133. The van der Waals surface area contributed by atoms with Gasteiger partial charge < -0.3 is 14.4 Å². The quantitative estimate of drug-likeness (QED) is 0.389. The molecule has 0 atom stereocenters. The Labute approximate surface area is 225 Å². The molecule has 9 heteroatoms. The van der Waals surface area contributed by atoms with Crippen LogP contribution in [0.4, 0.5) is 5.69 Å². The molecule has 0 bridgehead atoms. The van der Waals surface area contributed by atoms with Gasteiger partial charge in [0.15, 0.2) is 6.61 Å². The van der Waals surface area contributed by atoms with Gasteiger partial charge in [0.1, 0.15) is 11.5 Å². The first kappa shape index (κ1) is 27.5. The third-order valence-electron chi connectivity index (χ3n) is 6.55. The fourth-order valence-electron chi connectivity index (χ4n) is 4.38. The van der Waals surface area contributed by atoms with E-state index in [2.05, 4.69) is 17.0 Å². The number of nitrogens with zero attached hydrogens (tertiary/aromatic N) is 3. The van der Waals surface area contributed by atoms with Crippen molar-refractivity contribution < 1.29 is 22.7 Å². The highest BCUT2D eigenvalue weighted by Gasteiger charge is 2.22. The van der Waals surface area contributed by atoms with E-state index in [-0.39, 0.29) is 17.4 Å². The highest BCUT2D eigenvalue weighted by molar-refractivity contribution is 7.92. The van der Waals surface area contributed by atoms with E-state index in [9.17, 15) is 13.2 Å². The standard InChI is InChI=1S/C29H35N3O5S/c1-3-36-26-14-16-28(17-15-26)38(34,35)30(2)25-10-12-27(13-11-25)37-23-29(33)32-19-7-18-31(20-21-32)22-24-8-5-4-6-9-24/h4-6,8-17H,3,7,18-23H2,1-2H3. The fraction of sp³-hybridized carbons (Fsp3) is 0.345. The van der Waals surface area contributed by atoms with Gasteiger partial charge in [0.2, 0.25) is 0 Å². The molecule has 0 radical (unpaired) electrons. The lowest BCUT2D eigenvalue weighted by atomic mass is 10.2. The number of rotatable bonds is 10. The minimum Gasteiger partial charge on any atom is -0.494 e. The van der Waals surface area contributed by atoms with Crippen molar-refractivity contribution in [2.24, 2.45) is 0 Å². The molecule has 4 rings (SSSR count). The van der Waals surface area contributed by atoms with Crippen LogP contribution >= 0.6 is 0 Å². The van der Waals surface area contributed by atoms with E-state index < -0.39 is 10.0 Å². The number of amides is 1. The largest absolute Gasteiger partial charge is 0.494 e. The molecule has 38 heavy (non-hydrogen) atoms. The average molecular weight is 538 g/mol. The van der Waals surface area contributed by atoms with Crippen LogP contribution in [0.15, 0.2) is 83.8 Å². The molecule has 0 aliphatic carbocycles. The van der Waals surface area contributed by atoms with Crippen molar-refractivity contribution >= 4 is 21.6 Å². The molecular weight excluding hydrogens is 502 g/mol. The molecule has 0 saturated carbocycles. The summed E-state index contributed by atoms with van der Waals surface area (Å²) in [6.07, 6.45) is 0.919. The summed E-state index contributed by atoms with van der Waals surface area (Å²) in [6.45, 7) is 6.36. The molecule has 3 aromatic carbocycles. The number of ether oxygens (including phenoxy) is 2. The van der Waals surface area contributed by atoms with E-state index in [1.54, 1.807) is 36.4 Å². The first-order chi connectivity index (χ1) is 18.4. The topological polar surface area (TPSA) is 79.4 Å². The van der Waals surface area contributed by atoms with Crippen molar-refractivity contribution in [1.82, 2.24) is 9.80 Å². The van der Waals surface area contributed by atoms with Crippen molar-refractivity contribution in [1.29, 1.82) is 0 Å². The second kappa shape index (κ2) is 12.8. The molecule has 1 fully saturated rings. The normalized spacial score (nSPS) is 14.5. The van der Waals surface area contributed by atoms with Gasteiger partial charge in [-0.05, 0) is 67.4 Å². The van der Waals surface area contributed by atoms with E-state index in [0.717, 1.165) is 26.1 Å². The highest BCUT2D eigenvalue weighted by Crippen LogP contribution is 2.25. The number of anilines is 1. The van der Waals surface area contributed by atoms with Crippen LogP contribution < -0.4 is 13.8 Å². The number of carbonyl (C=O) groups excluding carboxylic acids is 1. The Morgan fingerprint density at radius 1 is 0.842 bits per heavy atom. The van der Waals surface area contributed by atoms with Gasteiger partial charge in [-0.15, -0.1) is 0 Å². The number of hydrogen-bond donors (Lipinski definition) is 0. The minimum absolute atomic E-state index is 0.0502. The maximum absolute atomic E-state index is 13.0. The molecule has 0 aromatic heterocycles. The molecule has 0 unspecified atom stereocenters. The van der Waals surface area contributed by atoms with Gasteiger partial charge in [-0.25, -0.2) is 8.42 Å². The Kier molecular flexibility index (Phi) is 9.25. The maximum Gasteiger partial charge on any atom is 0.264 e. The van der Waals surface area contributed by atoms with Gasteiger partial charge >= 0.3 is 0 Å². The second-order valence-corrected chi connectivity index (χ2v) is 11.1. The van der Waals surface area contributed by atoms with Gasteiger partial charge in [-0.3, -0.25) is 14.0 Å². The number of benzene rings is 3. The zero-order valence-electron chi connectivity index (χ0n) is 22.0. The second-order valence-electron chi connectivity index (χ2n) is 9.16. The summed E-state index contributed by atoms with van der Waals surface area (Å²) in [7, 11) is -2.23. The lowest BCUT2D eigenvalue weighted by Crippen LogP contribution is -2.38. The Morgan fingerprint density at radius 2 is 1.50 bits per heavy atom. The van der Waals surface area contributed by atoms with E-state index in [4.69, 9.17) is 9.47 Å². The van der Waals surface area contributed by atoms with Gasteiger partial charge in [0, 0.05) is 39.8 Å². The van der Waals surface area contributed by atoms with Crippen LogP contribution in [0.2, 0.25) is 0 Å². The number of hydrogen-bond acceptors (Lipinski definition) is 6. The Hall–Kier alpha value is -3.56. The Bertz CT molecular complexity index is 1280. The molecule has 3 aromatic rings. The number of sulfonamides is 1. The smallest absolute Gasteiger partial charge is 0.264 e. The van der Waals surface area contributed by atoms with Crippen LogP contribution in [0.25, 0.3) is 0 Å². The predicted molar refractivity (Wildman–Crippen MR) is 148 cm³/mol. The molecule has 1 saturated heterocycles. The van der Waals surface area contributed by atoms with E-state index in [1.165, 1.54) is 29.0 Å². The first-order valence-electron chi connectivity index (χ1n) is 12.9. The van der Waals surface area contributed by atoms with Crippen LogP contribution in [-0.2, 0) is 21.4 Å². The maximum atomic E-state index is 13.0. The molecule has 0 N–H and O–H groups in total. The zero-order chi connectivity index (χ0) is 27.0. The Balaban J connectivity index is 1.28. The third kappa shape index (κ3) is 7.05. The lowest BCUT2D eigenvalue weighted by Gasteiger charge is -2.22. The molecular formula is C29H35N3O5S. The summed E-state index contributed by atoms with van der Waals surface area (Å²) >= 11 is 0. The zero-order valence-corrected chi connectivity index (χ0v) is 22.8. The van der Waals surface area contributed by atoms with Crippen LogP contribution in [0.3, 0.4) is 0 Å². The summed E-state index contributed by atoms with van der Waals surface area (Å²) in [6, 6.07) is 23.4. The summed E-state index contributed by atoms with van der Waals surface area (Å²) in [5.41, 5.74) is 1.76. The molecule has 1 aliphatic heterocycles. The summed E-state index contributed by atoms with van der Waals surface area (Å²) in [5, 5.41) is 0.